The second-order valence-electron chi connectivity index (χ2n) is 7.24. The van der Waals surface area contributed by atoms with Crippen LogP contribution in [0.25, 0.3) is 0 Å². The van der Waals surface area contributed by atoms with Crippen LogP contribution in [0.5, 0.6) is 0 Å². The molecular formula is C19H25F3N2O3. The molecule has 1 spiro atoms. The van der Waals surface area contributed by atoms with Crippen molar-refractivity contribution in [3.05, 3.63) is 35.4 Å². The van der Waals surface area contributed by atoms with Crippen LogP contribution in [0.4, 0.5) is 13.2 Å². The first-order chi connectivity index (χ1) is 12.8. The first kappa shape index (κ1) is 20.1. The van der Waals surface area contributed by atoms with Crippen molar-refractivity contribution in [1.29, 1.82) is 0 Å². The molecule has 1 amide bonds. The van der Waals surface area contributed by atoms with Gasteiger partial charge in [-0.3, -0.25) is 4.79 Å². The largest absolute Gasteiger partial charge is 0.416 e. The van der Waals surface area contributed by atoms with Gasteiger partial charge in [0.1, 0.15) is 5.60 Å². The number of rotatable bonds is 4. The van der Waals surface area contributed by atoms with Crippen LogP contribution >= 0.6 is 0 Å². The van der Waals surface area contributed by atoms with Crippen LogP contribution in [0.15, 0.2) is 24.3 Å². The van der Waals surface area contributed by atoms with Crippen molar-refractivity contribution < 1.29 is 27.4 Å². The van der Waals surface area contributed by atoms with Crippen LogP contribution in [-0.4, -0.2) is 55.4 Å². The summed E-state index contributed by atoms with van der Waals surface area (Å²) in [5, 5.41) is 3.08. The van der Waals surface area contributed by atoms with Crippen molar-refractivity contribution in [2.75, 3.05) is 32.8 Å². The minimum Gasteiger partial charge on any atom is -0.377 e. The number of amides is 1. The van der Waals surface area contributed by atoms with E-state index in [1.54, 1.807) is 11.0 Å². The molecule has 1 aromatic rings. The number of hydrogen-bond donors (Lipinski definition) is 1. The van der Waals surface area contributed by atoms with Crippen LogP contribution in [0, 0.1) is 0 Å². The van der Waals surface area contributed by atoms with E-state index in [9.17, 15) is 18.0 Å². The molecule has 2 fully saturated rings. The van der Waals surface area contributed by atoms with Gasteiger partial charge in [-0.2, -0.15) is 13.2 Å². The molecule has 1 N–H and O–H groups in total. The fourth-order valence-corrected chi connectivity index (χ4v) is 3.75. The first-order valence-electron chi connectivity index (χ1n) is 9.16. The molecule has 2 atom stereocenters. The molecule has 3 rings (SSSR count). The van der Waals surface area contributed by atoms with Crippen molar-refractivity contribution >= 4 is 5.91 Å². The number of benzene rings is 1. The van der Waals surface area contributed by atoms with Crippen LogP contribution in [-0.2, 0) is 27.0 Å². The summed E-state index contributed by atoms with van der Waals surface area (Å²) in [5.74, 6) is -0.00573. The van der Waals surface area contributed by atoms with E-state index < -0.39 is 17.3 Å². The van der Waals surface area contributed by atoms with Crippen LogP contribution in [0.3, 0.4) is 0 Å². The molecule has 5 nitrogen and oxygen atoms in total. The maximum absolute atomic E-state index is 13.1. The van der Waals surface area contributed by atoms with E-state index in [1.165, 1.54) is 19.1 Å². The van der Waals surface area contributed by atoms with Gasteiger partial charge in [0.25, 0.3) is 0 Å². The highest BCUT2D eigenvalue weighted by molar-refractivity contribution is 5.73. The van der Waals surface area contributed by atoms with Gasteiger partial charge in [-0.1, -0.05) is 18.2 Å². The quantitative estimate of drug-likeness (QED) is 0.864. The average molecular weight is 386 g/mol. The lowest BCUT2D eigenvalue weighted by Gasteiger charge is -2.31. The highest BCUT2D eigenvalue weighted by Crippen LogP contribution is 2.34. The Kier molecular flexibility index (Phi) is 6.08. The molecule has 2 aliphatic heterocycles. The Balaban J connectivity index is 1.54. The monoisotopic (exact) mass is 386 g/mol. The van der Waals surface area contributed by atoms with Crippen LogP contribution in [0.2, 0.25) is 0 Å². The van der Waals surface area contributed by atoms with Crippen molar-refractivity contribution in [3.63, 3.8) is 0 Å². The molecule has 2 heterocycles. The zero-order chi connectivity index (χ0) is 19.5. The summed E-state index contributed by atoms with van der Waals surface area (Å²) in [6.45, 7) is 4.08. The number of ether oxygens (including phenoxy) is 2. The third-order valence-corrected chi connectivity index (χ3v) is 5.14. The number of hydrogen-bond acceptors (Lipinski definition) is 4. The van der Waals surface area contributed by atoms with Gasteiger partial charge in [-0.05, 0) is 24.5 Å². The van der Waals surface area contributed by atoms with E-state index >= 15 is 0 Å². The lowest BCUT2D eigenvalue weighted by Crippen LogP contribution is -2.46. The molecule has 0 aliphatic carbocycles. The highest BCUT2D eigenvalue weighted by Gasteiger charge is 2.43. The van der Waals surface area contributed by atoms with E-state index in [2.05, 4.69) is 5.32 Å². The molecule has 150 valence electrons. The van der Waals surface area contributed by atoms with E-state index in [0.717, 1.165) is 18.9 Å². The third-order valence-electron chi connectivity index (χ3n) is 5.14. The summed E-state index contributed by atoms with van der Waals surface area (Å²) >= 11 is 0. The van der Waals surface area contributed by atoms with Crippen molar-refractivity contribution in [2.45, 2.75) is 44.2 Å². The van der Waals surface area contributed by atoms with Crippen LogP contribution in [0.1, 0.15) is 30.9 Å². The maximum Gasteiger partial charge on any atom is 0.416 e. The van der Waals surface area contributed by atoms with E-state index in [0.29, 0.717) is 32.8 Å². The van der Waals surface area contributed by atoms with Crippen molar-refractivity contribution in [1.82, 2.24) is 10.2 Å². The van der Waals surface area contributed by atoms with Crippen molar-refractivity contribution in [3.8, 4) is 0 Å². The lowest BCUT2D eigenvalue weighted by atomic mass is 10.00. The van der Waals surface area contributed by atoms with Crippen molar-refractivity contribution in [2.24, 2.45) is 0 Å². The number of alkyl halides is 3. The Labute approximate surface area is 156 Å². The van der Waals surface area contributed by atoms with Crippen LogP contribution < -0.4 is 5.32 Å². The second kappa shape index (κ2) is 8.16. The van der Waals surface area contributed by atoms with Gasteiger partial charge in [0, 0.05) is 26.6 Å². The van der Waals surface area contributed by atoms with Gasteiger partial charge in [0.05, 0.1) is 31.4 Å². The Hall–Kier alpha value is -1.64. The summed E-state index contributed by atoms with van der Waals surface area (Å²) < 4.78 is 51.0. The Morgan fingerprint density at radius 3 is 2.89 bits per heavy atom. The average Bonchev–Trinajstić information content (AvgIpc) is 2.87. The Morgan fingerprint density at radius 2 is 2.15 bits per heavy atom. The molecule has 2 aliphatic rings. The van der Waals surface area contributed by atoms with Gasteiger partial charge >= 0.3 is 6.18 Å². The fourth-order valence-electron chi connectivity index (χ4n) is 3.75. The molecule has 2 saturated heterocycles. The summed E-state index contributed by atoms with van der Waals surface area (Å²) in [7, 11) is 0. The topological polar surface area (TPSA) is 50.8 Å². The second-order valence-corrected chi connectivity index (χ2v) is 7.24. The first-order valence-corrected chi connectivity index (χ1v) is 9.16. The molecule has 8 heteroatoms. The number of carbonyl (C=O) groups excluding carboxylic acids is 1. The standard InChI is InChI=1S/C19H25F3N2O3/c1-14(25)24-8-9-26-13-18(12-24)7-6-16(27-18)11-23-10-15-4-2-3-5-17(15)19(20,21)22/h2-5,16,23H,6-13H2,1H3/t16-,18+/m1/s1. The molecule has 0 bridgehead atoms. The number of nitrogens with zero attached hydrogens (tertiary/aromatic N) is 1. The minimum atomic E-state index is -4.36. The predicted octanol–water partition coefficient (Wildman–Crippen LogP) is 2.59. The fraction of sp³-hybridized carbons (Fsp3) is 0.632. The number of nitrogens with one attached hydrogen (secondary N) is 1. The van der Waals surface area contributed by atoms with Gasteiger partial charge in [-0.15, -0.1) is 0 Å². The Bertz CT molecular complexity index is 668. The molecule has 0 radical (unpaired) electrons. The highest BCUT2D eigenvalue weighted by atomic mass is 19.4. The van der Waals surface area contributed by atoms with Gasteiger partial charge < -0.3 is 19.7 Å². The Morgan fingerprint density at radius 1 is 1.37 bits per heavy atom. The van der Waals surface area contributed by atoms with E-state index in [1.807, 2.05) is 0 Å². The zero-order valence-corrected chi connectivity index (χ0v) is 15.3. The molecule has 0 aromatic heterocycles. The molecule has 27 heavy (non-hydrogen) atoms. The summed E-state index contributed by atoms with van der Waals surface area (Å²) in [6.07, 6.45) is -2.93. The normalized spacial score (nSPS) is 26.4. The molecular weight excluding hydrogens is 361 g/mol. The zero-order valence-electron chi connectivity index (χ0n) is 15.3. The number of halogens is 3. The van der Waals surface area contributed by atoms with Gasteiger partial charge in [-0.25, -0.2) is 0 Å². The number of carbonyl (C=O) groups is 1. The predicted molar refractivity (Wildman–Crippen MR) is 93.1 cm³/mol. The smallest absolute Gasteiger partial charge is 0.377 e. The molecule has 0 saturated carbocycles. The van der Waals surface area contributed by atoms with E-state index in [-0.39, 0.29) is 24.1 Å². The summed E-state index contributed by atoms with van der Waals surface area (Å²) in [5.41, 5.74) is -0.910. The van der Waals surface area contributed by atoms with Gasteiger partial charge in [0.2, 0.25) is 5.91 Å². The maximum atomic E-state index is 13.1. The third kappa shape index (κ3) is 5.00. The lowest BCUT2D eigenvalue weighted by molar-refractivity contribution is -0.138. The minimum absolute atomic E-state index is 0.00573. The van der Waals surface area contributed by atoms with E-state index in [4.69, 9.17) is 9.47 Å². The molecule has 0 unspecified atom stereocenters. The SMILES string of the molecule is CC(=O)N1CCOC[C@]2(CC[C@H](CNCc3ccccc3C(F)(F)F)O2)C1. The van der Waals surface area contributed by atoms with Gasteiger partial charge in [0.15, 0.2) is 0 Å². The summed E-state index contributed by atoms with van der Waals surface area (Å²) in [4.78, 5) is 13.5. The summed E-state index contributed by atoms with van der Waals surface area (Å²) in [6, 6.07) is 5.57. The molecule has 1 aromatic carbocycles.